The number of aromatic nitrogens is 2. The van der Waals surface area contributed by atoms with Crippen LogP contribution >= 0.6 is 0 Å². The number of benzene rings is 2. The molecule has 0 fully saturated rings. The molecule has 0 spiro atoms. The number of aromatic amines is 1. The highest BCUT2D eigenvalue weighted by atomic mass is 16.5. The monoisotopic (exact) mass is 307 g/mol. The van der Waals surface area contributed by atoms with Crippen molar-refractivity contribution in [3.8, 4) is 17.0 Å². The molecule has 0 unspecified atom stereocenters. The molecule has 0 bridgehead atoms. The predicted molar refractivity (Wildman–Crippen MR) is 88.2 cm³/mol. The van der Waals surface area contributed by atoms with Crippen LogP contribution in [0.1, 0.15) is 15.9 Å². The molecule has 3 aromatic rings. The Morgan fingerprint density at radius 3 is 2.78 bits per heavy atom. The molecule has 116 valence electrons. The van der Waals surface area contributed by atoms with Crippen molar-refractivity contribution in [1.29, 1.82) is 0 Å². The summed E-state index contributed by atoms with van der Waals surface area (Å²) < 4.78 is 5.18. The number of ether oxygens (including phenoxy) is 1. The van der Waals surface area contributed by atoms with Gasteiger partial charge in [0.1, 0.15) is 5.75 Å². The summed E-state index contributed by atoms with van der Waals surface area (Å²) >= 11 is 0. The van der Waals surface area contributed by atoms with Crippen LogP contribution in [0.25, 0.3) is 11.3 Å². The van der Waals surface area contributed by atoms with Crippen molar-refractivity contribution < 1.29 is 9.53 Å². The van der Waals surface area contributed by atoms with Gasteiger partial charge in [-0.25, -0.2) is 0 Å². The van der Waals surface area contributed by atoms with Crippen LogP contribution in [0.2, 0.25) is 0 Å². The van der Waals surface area contributed by atoms with E-state index in [0.29, 0.717) is 17.8 Å². The number of carbonyl (C=O) groups excluding carboxylic acids is 1. The second-order valence-corrected chi connectivity index (χ2v) is 5.06. The number of carbonyl (C=O) groups is 1. The Hall–Kier alpha value is -3.08. The minimum atomic E-state index is -0.166. The summed E-state index contributed by atoms with van der Waals surface area (Å²) in [6, 6.07) is 17.3. The van der Waals surface area contributed by atoms with Gasteiger partial charge in [-0.05, 0) is 17.7 Å². The third-order valence-electron chi connectivity index (χ3n) is 3.53. The van der Waals surface area contributed by atoms with Gasteiger partial charge >= 0.3 is 0 Å². The van der Waals surface area contributed by atoms with Crippen LogP contribution in [0.3, 0.4) is 0 Å². The van der Waals surface area contributed by atoms with Gasteiger partial charge in [-0.15, -0.1) is 0 Å². The summed E-state index contributed by atoms with van der Waals surface area (Å²) in [7, 11) is 1.62. The summed E-state index contributed by atoms with van der Waals surface area (Å²) in [5.74, 6) is 0.602. The van der Waals surface area contributed by atoms with Crippen molar-refractivity contribution in [1.82, 2.24) is 15.5 Å². The minimum Gasteiger partial charge on any atom is -0.497 e. The van der Waals surface area contributed by atoms with Gasteiger partial charge < -0.3 is 10.1 Å². The van der Waals surface area contributed by atoms with E-state index in [2.05, 4.69) is 15.5 Å². The van der Waals surface area contributed by atoms with Gasteiger partial charge in [0, 0.05) is 12.1 Å². The van der Waals surface area contributed by atoms with Crippen LogP contribution in [0.5, 0.6) is 5.75 Å². The fraction of sp³-hybridized carbons (Fsp3) is 0.111. The molecule has 0 radical (unpaired) electrons. The molecule has 0 atom stereocenters. The van der Waals surface area contributed by atoms with E-state index in [-0.39, 0.29) is 5.91 Å². The molecule has 5 heteroatoms. The zero-order valence-corrected chi connectivity index (χ0v) is 12.7. The third kappa shape index (κ3) is 3.40. The second kappa shape index (κ2) is 6.79. The highest BCUT2D eigenvalue weighted by Gasteiger charge is 2.14. The van der Waals surface area contributed by atoms with E-state index in [1.807, 2.05) is 54.6 Å². The molecule has 3 rings (SSSR count). The highest BCUT2D eigenvalue weighted by Crippen LogP contribution is 2.20. The van der Waals surface area contributed by atoms with Gasteiger partial charge in [-0.3, -0.25) is 9.89 Å². The quantitative estimate of drug-likeness (QED) is 0.761. The average molecular weight is 307 g/mol. The molecular formula is C18H17N3O2. The summed E-state index contributed by atoms with van der Waals surface area (Å²) in [5.41, 5.74) is 3.15. The molecular weight excluding hydrogens is 290 g/mol. The van der Waals surface area contributed by atoms with Gasteiger partial charge in [0.05, 0.1) is 24.6 Å². The van der Waals surface area contributed by atoms with E-state index in [4.69, 9.17) is 4.74 Å². The lowest BCUT2D eigenvalue weighted by Gasteiger charge is -2.07. The molecule has 0 saturated carbocycles. The van der Waals surface area contributed by atoms with Crippen LogP contribution in [0, 0.1) is 0 Å². The zero-order chi connectivity index (χ0) is 16.1. The van der Waals surface area contributed by atoms with E-state index in [1.165, 1.54) is 0 Å². The molecule has 0 saturated heterocycles. The molecule has 1 amide bonds. The van der Waals surface area contributed by atoms with Crippen molar-refractivity contribution in [3.63, 3.8) is 0 Å². The fourth-order valence-electron chi connectivity index (χ4n) is 2.34. The van der Waals surface area contributed by atoms with Crippen LogP contribution in [0.15, 0.2) is 60.8 Å². The Labute approximate surface area is 134 Å². The second-order valence-electron chi connectivity index (χ2n) is 5.06. The molecule has 23 heavy (non-hydrogen) atoms. The van der Waals surface area contributed by atoms with Crippen molar-refractivity contribution in [2.45, 2.75) is 6.54 Å². The molecule has 5 nitrogen and oxygen atoms in total. The number of hydrogen-bond donors (Lipinski definition) is 2. The van der Waals surface area contributed by atoms with Crippen LogP contribution < -0.4 is 10.1 Å². The Morgan fingerprint density at radius 1 is 1.17 bits per heavy atom. The van der Waals surface area contributed by atoms with Crippen molar-refractivity contribution in [2.75, 3.05) is 7.11 Å². The molecule has 2 N–H and O–H groups in total. The van der Waals surface area contributed by atoms with Crippen LogP contribution in [-0.4, -0.2) is 23.2 Å². The topological polar surface area (TPSA) is 67.0 Å². The molecule has 1 heterocycles. The number of H-pyrrole nitrogens is 1. The SMILES string of the molecule is COc1cccc(CNC(=O)c2cn[nH]c2-c2ccccc2)c1. The first-order valence-electron chi connectivity index (χ1n) is 7.28. The Kier molecular flexibility index (Phi) is 4.38. The van der Waals surface area contributed by atoms with Crippen LogP contribution in [0.4, 0.5) is 0 Å². The first-order chi connectivity index (χ1) is 11.3. The van der Waals surface area contributed by atoms with Gasteiger partial charge in [0.15, 0.2) is 0 Å². The first kappa shape index (κ1) is 14.8. The van der Waals surface area contributed by atoms with Gasteiger partial charge in [-0.2, -0.15) is 5.10 Å². The third-order valence-corrected chi connectivity index (χ3v) is 3.53. The van der Waals surface area contributed by atoms with Crippen LogP contribution in [-0.2, 0) is 6.54 Å². The summed E-state index contributed by atoms with van der Waals surface area (Å²) in [6.07, 6.45) is 1.54. The maximum atomic E-state index is 12.4. The highest BCUT2D eigenvalue weighted by molar-refractivity contribution is 5.99. The number of hydrogen-bond acceptors (Lipinski definition) is 3. The average Bonchev–Trinajstić information content (AvgIpc) is 3.10. The van der Waals surface area contributed by atoms with E-state index in [1.54, 1.807) is 13.3 Å². The lowest BCUT2D eigenvalue weighted by Crippen LogP contribution is -2.23. The molecule has 0 aliphatic rings. The first-order valence-corrected chi connectivity index (χ1v) is 7.28. The van der Waals surface area contributed by atoms with Gasteiger partial charge in [0.2, 0.25) is 0 Å². The van der Waals surface area contributed by atoms with Gasteiger partial charge in [-0.1, -0.05) is 42.5 Å². The number of nitrogens with zero attached hydrogens (tertiary/aromatic N) is 1. The van der Waals surface area contributed by atoms with Crippen molar-refractivity contribution >= 4 is 5.91 Å². The fourth-order valence-corrected chi connectivity index (χ4v) is 2.34. The largest absolute Gasteiger partial charge is 0.497 e. The van der Waals surface area contributed by atoms with Crippen molar-refractivity contribution in [2.24, 2.45) is 0 Å². The Morgan fingerprint density at radius 2 is 2.00 bits per heavy atom. The number of methoxy groups -OCH3 is 1. The summed E-state index contributed by atoms with van der Waals surface area (Å²) in [4.78, 5) is 12.4. The van der Waals surface area contributed by atoms with E-state index in [9.17, 15) is 4.79 Å². The van der Waals surface area contributed by atoms with E-state index in [0.717, 1.165) is 16.9 Å². The van der Waals surface area contributed by atoms with E-state index < -0.39 is 0 Å². The lowest BCUT2D eigenvalue weighted by molar-refractivity contribution is 0.0951. The lowest BCUT2D eigenvalue weighted by atomic mass is 10.1. The maximum absolute atomic E-state index is 12.4. The smallest absolute Gasteiger partial charge is 0.255 e. The number of nitrogens with one attached hydrogen (secondary N) is 2. The standard InChI is InChI=1S/C18H17N3O2/c1-23-15-9-5-6-13(10-15)11-19-18(22)16-12-20-21-17(16)14-7-3-2-4-8-14/h2-10,12H,11H2,1H3,(H,19,22)(H,20,21). The molecule has 0 aliphatic heterocycles. The number of rotatable bonds is 5. The molecule has 1 aromatic heterocycles. The predicted octanol–water partition coefficient (Wildman–Crippen LogP) is 3.02. The number of amides is 1. The van der Waals surface area contributed by atoms with Gasteiger partial charge in [0.25, 0.3) is 5.91 Å². The normalized spacial score (nSPS) is 10.3. The van der Waals surface area contributed by atoms with Crippen molar-refractivity contribution in [3.05, 3.63) is 71.9 Å². The van der Waals surface area contributed by atoms with E-state index >= 15 is 0 Å². The molecule has 0 aliphatic carbocycles. The summed E-state index contributed by atoms with van der Waals surface area (Å²) in [5, 5.41) is 9.79. The molecule has 2 aromatic carbocycles. The Balaban J connectivity index is 1.73. The Bertz CT molecular complexity index is 797. The maximum Gasteiger partial charge on any atom is 0.255 e. The summed E-state index contributed by atoms with van der Waals surface area (Å²) in [6.45, 7) is 0.426. The minimum absolute atomic E-state index is 0.166. The zero-order valence-electron chi connectivity index (χ0n) is 12.7.